The minimum absolute atomic E-state index is 0.305. The van der Waals surface area contributed by atoms with Gasteiger partial charge in [-0.2, -0.15) is 0 Å². The Balaban J connectivity index is 1.74. The Bertz CT molecular complexity index is 1030. The first-order valence-corrected chi connectivity index (χ1v) is 8.39. The number of anilines is 1. The third-order valence-electron chi connectivity index (χ3n) is 3.93. The van der Waals surface area contributed by atoms with Gasteiger partial charge in [-0.1, -0.05) is 48.0 Å². The van der Waals surface area contributed by atoms with Crippen LogP contribution >= 0.6 is 11.6 Å². The van der Waals surface area contributed by atoms with E-state index in [1.807, 2.05) is 30.3 Å². The van der Waals surface area contributed by atoms with Crippen molar-refractivity contribution in [2.45, 2.75) is 13.0 Å². The van der Waals surface area contributed by atoms with Crippen LogP contribution in [0.4, 0.5) is 14.5 Å². The fourth-order valence-electron chi connectivity index (χ4n) is 2.53. The molecule has 0 saturated heterocycles. The third-order valence-corrected chi connectivity index (χ3v) is 4.24. The molecule has 1 atom stereocenters. The highest BCUT2D eigenvalue weighted by molar-refractivity contribution is 6.33. The van der Waals surface area contributed by atoms with Gasteiger partial charge in [-0.05, 0) is 30.5 Å². The van der Waals surface area contributed by atoms with E-state index in [4.69, 9.17) is 16.3 Å². The van der Waals surface area contributed by atoms with Gasteiger partial charge in [0.1, 0.15) is 0 Å². The number of benzene rings is 3. The lowest BCUT2D eigenvalue weighted by molar-refractivity contribution is -0.123. The lowest BCUT2D eigenvalue weighted by Crippen LogP contribution is -2.30. The topological polar surface area (TPSA) is 55.4 Å². The molecule has 27 heavy (non-hydrogen) atoms. The number of esters is 1. The van der Waals surface area contributed by atoms with Crippen LogP contribution in [0.25, 0.3) is 10.8 Å². The Kier molecular flexibility index (Phi) is 5.37. The zero-order valence-electron chi connectivity index (χ0n) is 14.1. The summed E-state index contributed by atoms with van der Waals surface area (Å²) >= 11 is 5.75. The van der Waals surface area contributed by atoms with Gasteiger partial charge in [-0.25, -0.2) is 13.6 Å². The quantitative estimate of drug-likeness (QED) is 0.507. The first-order chi connectivity index (χ1) is 12.9. The van der Waals surface area contributed by atoms with Crippen LogP contribution in [0, 0.1) is 11.6 Å². The van der Waals surface area contributed by atoms with Gasteiger partial charge in [0.2, 0.25) is 0 Å². The summed E-state index contributed by atoms with van der Waals surface area (Å²) in [7, 11) is 0. The molecular formula is C20H14ClF2NO3. The van der Waals surface area contributed by atoms with Crippen molar-refractivity contribution >= 4 is 39.9 Å². The number of halogens is 3. The highest BCUT2D eigenvalue weighted by atomic mass is 35.5. The lowest BCUT2D eigenvalue weighted by Gasteiger charge is -2.15. The molecule has 0 saturated carbocycles. The van der Waals surface area contributed by atoms with Crippen LogP contribution in [0.5, 0.6) is 0 Å². The second-order valence-corrected chi connectivity index (χ2v) is 6.22. The summed E-state index contributed by atoms with van der Waals surface area (Å²) < 4.78 is 31.5. The highest BCUT2D eigenvalue weighted by Crippen LogP contribution is 2.24. The van der Waals surface area contributed by atoms with E-state index < -0.39 is 29.6 Å². The monoisotopic (exact) mass is 389 g/mol. The molecular weight excluding hydrogens is 376 g/mol. The maximum atomic E-state index is 13.3. The van der Waals surface area contributed by atoms with Crippen molar-refractivity contribution in [1.29, 1.82) is 0 Å². The zero-order valence-corrected chi connectivity index (χ0v) is 14.9. The molecule has 0 aliphatic heterocycles. The second kappa shape index (κ2) is 7.72. The minimum atomic E-state index is -1.24. The number of ether oxygens (including phenoxy) is 1. The summed E-state index contributed by atoms with van der Waals surface area (Å²) in [4.78, 5) is 24.5. The molecule has 0 heterocycles. The van der Waals surface area contributed by atoms with Crippen molar-refractivity contribution in [3.05, 3.63) is 76.8 Å². The standard InChI is InChI=1S/C20H14ClF2NO3/c1-11(27-20(26)14-9-16(22)17(23)10-15(14)21)19(25)24-18-8-4-6-12-5-2-3-7-13(12)18/h2-11H,1H3,(H,24,25). The van der Waals surface area contributed by atoms with E-state index in [9.17, 15) is 18.4 Å². The Morgan fingerprint density at radius 3 is 2.48 bits per heavy atom. The maximum absolute atomic E-state index is 13.3. The number of carbonyl (C=O) groups is 2. The van der Waals surface area contributed by atoms with E-state index in [2.05, 4.69) is 5.32 Å². The van der Waals surface area contributed by atoms with E-state index >= 15 is 0 Å². The number of rotatable bonds is 4. The molecule has 3 aromatic rings. The summed E-state index contributed by atoms with van der Waals surface area (Å²) in [5.41, 5.74) is 0.201. The molecule has 1 amide bonds. The average molecular weight is 390 g/mol. The highest BCUT2D eigenvalue weighted by Gasteiger charge is 2.22. The summed E-state index contributed by atoms with van der Waals surface area (Å²) in [6.45, 7) is 1.37. The largest absolute Gasteiger partial charge is 0.449 e. The van der Waals surface area contributed by atoms with Gasteiger partial charge in [-0.15, -0.1) is 0 Å². The number of amides is 1. The summed E-state index contributed by atoms with van der Waals surface area (Å²) in [6, 6.07) is 14.2. The van der Waals surface area contributed by atoms with Crippen LogP contribution in [0.15, 0.2) is 54.6 Å². The van der Waals surface area contributed by atoms with Gasteiger partial charge in [0, 0.05) is 11.1 Å². The van der Waals surface area contributed by atoms with Crippen molar-refractivity contribution < 1.29 is 23.1 Å². The molecule has 0 bridgehead atoms. The number of nitrogens with one attached hydrogen (secondary N) is 1. The fourth-order valence-corrected chi connectivity index (χ4v) is 2.75. The number of carbonyl (C=O) groups excluding carboxylic acids is 2. The molecule has 1 unspecified atom stereocenters. The Hall–Kier alpha value is -2.99. The van der Waals surface area contributed by atoms with Crippen LogP contribution < -0.4 is 5.32 Å². The van der Waals surface area contributed by atoms with E-state index in [1.165, 1.54) is 6.92 Å². The minimum Gasteiger partial charge on any atom is -0.449 e. The van der Waals surface area contributed by atoms with Crippen LogP contribution in [-0.2, 0) is 9.53 Å². The lowest BCUT2D eigenvalue weighted by atomic mass is 10.1. The zero-order chi connectivity index (χ0) is 19.6. The fraction of sp³-hybridized carbons (Fsp3) is 0.100. The first-order valence-electron chi connectivity index (χ1n) is 8.01. The van der Waals surface area contributed by atoms with Gasteiger partial charge in [0.25, 0.3) is 5.91 Å². The van der Waals surface area contributed by atoms with Crippen LogP contribution in [0.2, 0.25) is 5.02 Å². The summed E-state index contributed by atoms with van der Waals surface area (Å²) in [5, 5.41) is 4.16. The number of hydrogen-bond donors (Lipinski definition) is 1. The van der Waals surface area contributed by atoms with Crippen molar-refractivity contribution in [3.8, 4) is 0 Å². The van der Waals surface area contributed by atoms with E-state index in [0.717, 1.165) is 10.8 Å². The molecule has 0 aliphatic rings. The molecule has 7 heteroatoms. The maximum Gasteiger partial charge on any atom is 0.340 e. The molecule has 138 valence electrons. The molecule has 3 rings (SSSR count). The Morgan fingerprint density at radius 2 is 1.70 bits per heavy atom. The Morgan fingerprint density at radius 1 is 1.04 bits per heavy atom. The van der Waals surface area contributed by atoms with Gasteiger partial charge in [-0.3, -0.25) is 4.79 Å². The predicted octanol–water partition coefficient (Wildman–Crippen LogP) is 4.96. The summed E-state index contributed by atoms with van der Waals surface area (Å²) in [6.07, 6.45) is -1.18. The smallest absolute Gasteiger partial charge is 0.340 e. The van der Waals surface area contributed by atoms with Crippen molar-refractivity contribution in [2.24, 2.45) is 0 Å². The molecule has 4 nitrogen and oxygen atoms in total. The predicted molar refractivity (Wildman–Crippen MR) is 98.8 cm³/mol. The molecule has 1 N–H and O–H groups in total. The third kappa shape index (κ3) is 4.06. The molecule has 0 spiro atoms. The normalized spacial score (nSPS) is 11.9. The van der Waals surface area contributed by atoms with Gasteiger partial charge >= 0.3 is 5.97 Å². The number of fused-ring (bicyclic) bond motifs is 1. The van der Waals surface area contributed by atoms with Gasteiger partial charge in [0.15, 0.2) is 17.7 Å². The van der Waals surface area contributed by atoms with Gasteiger partial charge in [0.05, 0.1) is 10.6 Å². The molecule has 0 fully saturated rings. The van der Waals surface area contributed by atoms with E-state index in [0.29, 0.717) is 17.8 Å². The van der Waals surface area contributed by atoms with E-state index in [1.54, 1.807) is 12.1 Å². The Labute approximate surface area is 158 Å². The van der Waals surface area contributed by atoms with Crippen molar-refractivity contribution in [2.75, 3.05) is 5.32 Å². The van der Waals surface area contributed by atoms with Crippen molar-refractivity contribution in [3.63, 3.8) is 0 Å². The second-order valence-electron chi connectivity index (χ2n) is 5.81. The SMILES string of the molecule is CC(OC(=O)c1cc(F)c(F)cc1Cl)C(=O)Nc1cccc2ccccc12. The molecule has 3 aromatic carbocycles. The molecule has 0 radical (unpaired) electrons. The van der Waals surface area contributed by atoms with Gasteiger partial charge < -0.3 is 10.1 Å². The van der Waals surface area contributed by atoms with E-state index in [-0.39, 0.29) is 10.6 Å². The average Bonchev–Trinajstić information content (AvgIpc) is 2.64. The molecule has 0 aromatic heterocycles. The summed E-state index contributed by atoms with van der Waals surface area (Å²) in [5.74, 6) is -4.02. The van der Waals surface area contributed by atoms with Crippen molar-refractivity contribution in [1.82, 2.24) is 0 Å². The van der Waals surface area contributed by atoms with Crippen LogP contribution in [0.3, 0.4) is 0 Å². The van der Waals surface area contributed by atoms with Crippen LogP contribution in [-0.4, -0.2) is 18.0 Å². The van der Waals surface area contributed by atoms with Crippen LogP contribution in [0.1, 0.15) is 17.3 Å². The molecule has 0 aliphatic carbocycles. The number of hydrogen-bond acceptors (Lipinski definition) is 3. The first kappa shape index (κ1) is 18.8.